The summed E-state index contributed by atoms with van der Waals surface area (Å²) in [5.74, 6) is 0.647. The highest BCUT2D eigenvalue weighted by molar-refractivity contribution is 5.83. The van der Waals surface area contributed by atoms with E-state index in [-0.39, 0.29) is 17.7 Å². The number of carbonyl (C=O) groups is 2. The molecule has 102 valence electrons. The summed E-state index contributed by atoms with van der Waals surface area (Å²) < 4.78 is 5.24. The Hall–Kier alpha value is -0.940. The van der Waals surface area contributed by atoms with Crippen molar-refractivity contribution in [1.29, 1.82) is 0 Å². The molecule has 0 aromatic heterocycles. The number of carbonyl (C=O) groups excluding carboxylic acids is 2. The third kappa shape index (κ3) is 3.29. The van der Waals surface area contributed by atoms with Crippen LogP contribution in [0.15, 0.2) is 0 Å². The molecule has 1 atom stereocenters. The lowest BCUT2D eigenvalue weighted by molar-refractivity contribution is -0.126. The fraction of sp³-hybridized carbons (Fsp3) is 0.846. The van der Waals surface area contributed by atoms with Crippen molar-refractivity contribution in [3.8, 4) is 0 Å². The summed E-state index contributed by atoms with van der Waals surface area (Å²) in [6.07, 6.45) is 2.58. The van der Waals surface area contributed by atoms with Crippen molar-refractivity contribution < 1.29 is 14.3 Å². The number of Topliss-reactive ketones (excluding diaryl/α,β-unsaturated/α-hetero) is 1. The van der Waals surface area contributed by atoms with E-state index < -0.39 is 0 Å². The molecule has 0 aromatic rings. The van der Waals surface area contributed by atoms with E-state index in [0.717, 1.165) is 39.0 Å². The van der Waals surface area contributed by atoms with Crippen molar-refractivity contribution in [3.63, 3.8) is 0 Å². The predicted octanol–water partition coefficient (Wildman–Crippen LogP) is 0.0500. The minimum absolute atomic E-state index is 0.0988. The van der Waals surface area contributed by atoms with E-state index in [9.17, 15) is 9.59 Å². The second-order valence-corrected chi connectivity index (χ2v) is 5.19. The fourth-order valence-corrected chi connectivity index (χ4v) is 2.70. The highest BCUT2D eigenvalue weighted by Crippen LogP contribution is 2.19. The van der Waals surface area contributed by atoms with Crippen molar-refractivity contribution in [1.82, 2.24) is 10.2 Å². The number of hydrogen-bond acceptors (Lipinski definition) is 4. The lowest BCUT2D eigenvalue weighted by Gasteiger charge is -2.30. The summed E-state index contributed by atoms with van der Waals surface area (Å²) in [6, 6.07) is 0. The quantitative estimate of drug-likeness (QED) is 0.770. The standard InChI is InChI=1S/C13H22N2O3/c1-14-13(17)10-2-5-15(6-3-10)8-12(16)11-4-7-18-9-11/h10-11H,2-9H2,1H3,(H,14,17). The van der Waals surface area contributed by atoms with Crippen LogP contribution in [-0.4, -0.2) is 56.5 Å². The van der Waals surface area contributed by atoms with Crippen LogP contribution in [0.1, 0.15) is 19.3 Å². The van der Waals surface area contributed by atoms with Crippen LogP contribution >= 0.6 is 0 Å². The molecule has 1 unspecified atom stereocenters. The topological polar surface area (TPSA) is 58.6 Å². The first-order valence-corrected chi connectivity index (χ1v) is 6.75. The molecule has 0 bridgehead atoms. The van der Waals surface area contributed by atoms with Gasteiger partial charge in [-0.2, -0.15) is 0 Å². The molecular formula is C13H22N2O3. The summed E-state index contributed by atoms with van der Waals surface area (Å²) >= 11 is 0. The molecule has 0 spiro atoms. The van der Waals surface area contributed by atoms with Crippen molar-refractivity contribution in [2.45, 2.75) is 19.3 Å². The number of nitrogens with zero attached hydrogens (tertiary/aromatic N) is 1. The van der Waals surface area contributed by atoms with Crippen LogP contribution in [0.4, 0.5) is 0 Å². The number of piperidine rings is 1. The Bertz CT molecular complexity index is 305. The molecule has 2 rings (SSSR count). The molecule has 2 aliphatic heterocycles. The second kappa shape index (κ2) is 6.29. The third-order valence-corrected chi connectivity index (χ3v) is 3.97. The minimum atomic E-state index is 0.0988. The first-order chi connectivity index (χ1) is 8.70. The molecule has 0 aromatic carbocycles. The zero-order chi connectivity index (χ0) is 13.0. The molecule has 1 amide bonds. The lowest BCUT2D eigenvalue weighted by Crippen LogP contribution is -2.42. The first kappa shape index (κ1) is 13.5. The molecule has 0 radical (unpaired) electrons. The molecule has 0 saturated carbocycles. The number of ether oxygens (including phenoxy) is 1. The number of nitrogens with one attached hydrogen (secondary N) is 1. The fourth-order valence-electron chi connectivity index (χ4n) is 2.70. The van der Waals surface area contributed by atoms with Crippen molar-refractivity contribution in [3.05, 3.63) is 0 Å². The summed E-state index contributed by atoms with van der Waals surface area (Å²) in [4.78, 5) is 25.6. The second-order valence-electron chi connectivity index (χ2n) is 5.19. The Balaban J connectivity index is 1.73. The molecule has 1 N–H and O–H groups in total. The SMILES string of the molecule is CNC(=O)C1CCN(CC(=O)C2CCOC2)CC1. The lowest BCUT2D eigenvalue weighted by atomic mass is 9.95. The van der Waals surface area contributed by atoms with Gasteiger partial charge in [0.15, 0.2) is 5.78 Å². The van der Waals surface area contributed by atoms with Gasteiger partial charge in [-0.05, 0) is 32.4 Å². The molecule has 5 heteroatoms. The van der Waals surface area contributed by atoms with Crippen LogP contribution in [0, 0.1) is 11.8 Å². The van der Waals surface area contributed by atoms with Crippen LogP contribution in [0.3, 0.4) is 0 Å². The average Bonchev–Trinajstić information content (AvgIpc) is 2.92. The van der Waals surface area contributed by atoms with Gasteiger partial charge in [-0.15, -0.1) is 0 Å². The van der Waals surface area contributed by atoms with Crippen molar-refractivity contribution >= 4 is 11.7 Å². The molecule has 0 aliphatic carbocycles. The van der Waals surface area contributed by atoms with Crippen molar-refractivity contribution in [2.75, 3.05) is 39.9 Å². The van der Waals surface area contributed by atoms with Crippen LogP contribution in [0.25, 0.3) is 0 Å². The van der Waals surface area contributed by atoms with Gasteiger partial charge in [-0.25, -0.2) is 0 Å². The zero-order valence-electron chi connectivity index (χ0n) is 11.0. The molecule has 2 saturated heterocycles. The Labute approximate surface area is 108 Å². The largest absolute Gasteiger partial charge is 0.381 e. The van der Waals surface area contributed by atoms with E-state index in [1.54, 1.807) is 7.05 Å². The molecular weight excluding hydrogens is 232 g/mol. The normalized spacial score (nSPS) is 26.2. The van der Waals surface area contributed by atoms with Gasteiger partial charge in [-0.1, -0.05) is 0 Å². The summed E-state index contributed by atoms with van der Waals surface area (Å²) in [5, 5.41) is 2.69. The van der Waals surface area contributed by atoms with Gasteiger partial charge >= 0.3 is 0 Å². The van der Waals surface area contributed by atoms with Gasteiger partial charge < -0.3 is 10.1 Å². The molecule has 2 aliphatic rings. The number of amides is 1. The van der Waals surface area contributed by atoms with E-state index >= 15 is 0 Å². The van der Waals surface area contributed by atoms with Gasteiger partial charge in [0.25, 0.3) is 0 Å². The Morgan fingerprint density at radius 1 is 1.22 bits per heavy atom. The molecule has 18 heavy (non-hydrogen) atoms. The third-order valence-electron chi connectivity index (χ3n) is 3.97. The number of ketones is 1. The van der Waals surface area contributed by atoms with Gasteiger partial charge in [0, 0.05) is 25.5 Å². The molecule has 2 heterocycles. The van der Waals surface area contributed by atoms with Crippen LogP contribution in [0.2, 0.25) is 0 Å². The summed E-state index contributed by atoms with van der Waals surface area (Å²) in [7, 11) is 1.68. The van der Waals surface area contributed by atoms with Crippen LogP contribution < -0.4 is 5.32 Å². The number of rotatable bonds is 4. The Morgan fingerprint density at radius 2 is 1.94 bits per heavy atom. The van der Waals surface area contributed by atoms with Gasteiger partial charge in [0.1, 0.15) is 0 Å². The molecule has 5 nitrogen and oxygen atoms in total. The van der Waals surface area contributed by atoms with E-state index in [2.05, 4.69) is 10.2 Å². The summed E-state index contributed by atoms with van der Waals surface area (Å²) in [6.45, 7) is 3.52. The first-order valence-electron chi connectivity index (χ1n) is 6.75. The van der Waals surface area contributed by atoms with Gasteiger partial charge in [-0.3, -0.25) is 14.5 Å². The average molecular weight is 254 g/mol. The Morgan fingerprint density at radius 3 is 2.50 bits per heavy atom. The maximum Gasteiger partial charge on any atom is 0.222 e. The van der Waals surface area contributed by atoms with Crippen molar-refractivity contribution in [2.24, 2.45) is 11.8 Å². The maximum absolute atomic E-state index is 12.0. The van der Waals surface area contributed by atoms with E-state index in [1.165, 1.54) is 0 Å². The maximum atomic E-state index is 12.0. The zero-order valence-corrected chi connectivity index (χ0v) is 11.0. The van der Waals surface area contributed by atoms with Crippen LogP contribution in [0.5, 0.6) is 0 Å². The smallest absolute Gasteiger partial charge is 0.222 e. The van der Waals surface area contributed by atoms with Gasteiger partial charge in [0.2, 0.25) is 5.91 Å². The summed E-state index contributed by atoms with van der Waals surface area (Å²) in [5.41, 5.74) is 0. The van der Waals surface area contributed by atoms with E-state index in [0.29, 0.717) is 18.9 Å². The highest BCUT2D eigenvalue weighted by atomic mass is 16.5. The number of likely N-dealkylation sites (tertiary alicyclic amines) is 1. The number of hydrogen-bond donors (Lipinski definition) is 1. The van der Waals surface area contributed by atoms with Gasteiger partial charge in [0.05, 0.1) is 13.2 Å². The minimum Gasteiger partial charge on any atom is -0.381 e. The highest BCUT2D eigenvalue weighted by Gasteiger charge is 2.28. The Kier molecular flexibility index (Phi) is 4.72. The molecule has 2 fully saturated rings. The van der Waals surface area contributed by atoms with E-state index in [4.69, 9.17) is 4.74 Å². The van der Waals surface area contributed by atoms with Crippen LogP contribution in [-0.2, 0) is 14.3 Å². The van der Waals surface area contributed by atoms with E-state index in [1.807, 2.05) is 0 Å². The predicted molar refractivity (Wildman–Crippen MR) is 67.2 cm³/mol. The monoisotopic (exact) mass is 254 g/mol.